The predicted molar refractivity (Wildman–Crippen MR) is 81.0 cm³/mol. The molecule has 0 amide bonds. The lowest BCUT2D eigenvalue weighted by atomic mass is 10.0. The van der Waals surface area contributed by atoms with Crippen LogP contribution >= 0.6 is 23.2 Å². The van der Waals surface area contributed by atoms with E-state index >= 15 is 0 Å². The summed E-state index contributed by atoms with van der Waals surface area (Å²) in [6.07, 6.45) is 2.32. The van der Waals surface area contributed by atoms with Gasteiger partial charge < -0.3 is 4.74 Å². The average Bonchev–Trinajstić information content (AvgIpc) is 2.48. The minimum atomic E-state index is -0.129. The molecule has 106 valence electrons. The third-order valence-corrected chi connectivity index (χ3v) is 3.73. The zero-order valence-electron chi connectivity index (χ0n) is 10.9. The van der Waals surface area contributed by atoms with Crippen LogP contribution in [0.4, 0.5) is 0 Å². The molecule has 0 saturated carbocycles. The van der Waals surface area contributed by atoms with E-state index in [1.54, 1.807) is 19.4 Å². The molecule has 20 heavy (non-hydrogen) atoms. The van der Waals surface area contributed by atoms with Gasteiger partial charge in [-0.2, -0.15) is 0 Å². The molecule has 0 aliphatic carbocycles. The van der Waals surface area contributed by atoms with Gasteiger partial charge in [-0.05, 0) is 30.2 Å². The second kappa shape index (κ2) is 6.90. The zero-order chi connectivity index (χ0) is 14.5. The number of nitrogens with one attached hydrogen (secondary N) is 1. The maximum atomic E-state index is 6.02. The molecule has 1 heterocycles. The van der Waals surface area contributed by atoms with Crippen LogP contribution in [0, 0.1) is 0 Å². The Morgan fingerprint density at radius 3 is 2.75 bits per heavy atom. The molecule has 0 aliphatic heterocycles. The Morgan fingerprint density at radius 1 is 1.30 bits per heavy atom. The van der Waals surface area contributed by atoms with Crippen molar-refractivity contribution in [3.8, 4) is 5.88 Å². The fourth-order valence-electron chi connectivity index (χ4n) is 2.00. The first-order valence-corrected chi connectivity index (χ1v) is 6.80. The van der Waals surface area contributed by atoms with Gasteiger partial charge in [-0.15, -0.1) is 0 Å². The Kier molecular flexibility index (Phi) is 5.20. The van der Waals surface area contributed by atoms with Gasteiger partial charge in [-0.1, -0.05) is 35.3 Å². The average molecular weight is 312 g/mol. The number of pyridine rings is 1. The Morgan fingerprint density at radius 2 is 2.10 bits per heavy atom. The van der Waals surface area contributed by atoms with Crippen LogP contribution in [0.25, 0.3) is 0 Å². The quantitative estimate of drug-likeness (QED) is 0.658. The van der Waals surface area contributed by atoms with E-state index in [0.29, 0.717) is 22.3 Å². The predicted octanol–water partition coefficient (Wildman–Crippen LogP) is 3.14. The summed E-state index contributed by atoms with van der Waals surface area (Å²) in [5.41, 5.74) is 4.69. The second-order valence-electron chi connectivity index (χ2n) is 4.27. The number of methoxy groups -OCH3 is 1. The number of halogens is 2. The largest absolute Gasteiger partial charge is 0.481 e. The Hall–Kier alpha value is -1.33. The summed E-state index contributed by atoms with van der Waals surface area (Å²) in [6.45, 7) is 0. The third kappa shape index (κ3) is 3.41. The normalized spacial score (nSPS) is 12.2. The highest BCUT2D eigenvalue weighted by molar-refractivity contribution is 6.42. The van der Waals surface area contributed by atoms with Crippen LogP contribution in [0.15, 0.2) is 36.5 Å². The number of aromatic nitrogens is 1. The zero-order valence-corrected chi connectivity index (χ0v) is 12.4. The van der Waals surface area contributed by atoms with Crippen molar-refractivity contribution in [2.45, 2.75) is 12.5 Å². The van der Waals surface area contributed by atoms with Gasteiger partial charge in [0.2, 0.25) is 5.88 Å². The van der Waals surface area contributed by atoms with Crippen molar-refractivity contribution < 1.29 is 4.74 Å². The maximum absolute atomic E-state index is 6.02. The minimum Gasteiger partial charge on any atom is -0.481 e. The van der Waals surface area contributed by atoms with Gasteiger partial charge in [0.15, 0.2) is 0 Å². The molecule has 6 heteroatoms. The highest BCUT2D eigenvalue weighted by Gasteiger charge is 2.16. The fraction of sp³-hybridized carbons (Fsp3) is 0.214. The molecule has 1 unspecified atom stereocenters. The van der Waals surface area contributed by atoms with E-state index in [2.05, 4.69) is 10.4 Å². The lowest BCUT2D eigenvalue weighted by Gasteiger charge is -2.18. The summed E-state index contributed by atoms with van der Waals surface area (Å²) in [7, 11) is 1.58. The monoisotopic (exact) mass is 311 g/mol. The fourth-order valence-corrected chi connectivity index (χ4v) is 2.32. The van der Waals surface area contributed by atoms with Crippen LogP contribution in [-0.2, 0) is 6.42 Å². The molecule has 0 radical (unpaired) electrons. The molecule has 0 spiro atoms. The standard InChI is InChI=1S/C14H15Cl2N3O/c1-20-14-10(3-2-6-18-14)13(19-17)8-9-4-5-11(15)12(16)7-9/h2-7,13,19H,8,17H2,1H3. The van der Waals surface area contributed by atoms with Crippen LogP contribution in [0.3, 0.4) is 0 Å². The highest BCUT2D eigenvalue weighted by Crippen LogP contribution is 2.28. The first kappa shape index (κ1) is 15.1. The summed E-state index contributed by atoms with van der Waals surface area (Å²) in [5.74, 6) is 6.20. The number of hydrogen-bond acceptors (Lipinski definition) is 4. The second-order valence-corrected chi connectivity index (χ2v) is 5.09. The van der Waals surface area contributed by atoms with E-state index in [0.717, 1.165) is 11.1 Å². The van der Waals surface area contributed by atoms with Crippen LogP contribution in [0.5, 0.6) is 5.88 Å². The molecule has 0 bridgehead atoms. The molecular formula is C14H15Cl2N3O. The van der Waals surface area contributed by atoms with Crippen molar-refractivity contribution in [1.82, 2.24) is 10.4 Å². The topological polar surface area (TPSA) is 60.2 Å². The van der Waals surface area contributed by atoms with E-state index in [9.17, 15) is 0 Å². The molecule has 3 N–H and O–H groups in total. The van der Waals surface area contributed by atoms with Gasteiger partial charge in [-0.3, -0.25) is 11.3 Å². The van der Waals surface area contributed by atoms with E-state index in [-0.39, 0.29) is 6.04 Å². The number of hydrogen-bond donors (Lipinski definition) is 2. The van der Waals surface area contributed by atoms with Gasteiger partial charge in [0.25, 0.3) is 0 Å². The molecule has 1 aromatic heterocycles. The molecule has 2 rings (SSSR count). The number of benzene rings is 1. The van der Waals surface area contributed by atoms with Gasteiger partial charge in [0.1, 0.15) is 0 Å². The molecule has 0 fully saturated rings. The summed E-state index contributed by atoms with van der Waals surface area (Å²) in [5, 5.41) is 1.06. The smallest absolute Gasteiger partial charge is 0.217 e. The van der Waals surface area contributed by atoms with Crippen molar-refractivity contribution in [3.63, 3.8) is 0 Å². The Balaban J connectivity index is 2.26. The third-order valence-electron chi connectivity index (χ3n) is 2.99. The molecule has 1 aromatic carbocycles. The van der Waals surface area contributed by atoms with Gasteiger partial charge in [-0.25, -0.2) is 4.98 Å². The molecule has 4 nitrogen and oxygen atoms in total. The van der Waals surface area contributed by atoms with Gasteiger partial charge >= 0.3 is 0 Å². The van der Waals surface area contributed by atoms with Crippen molar-refractivity contribution in [3.05, 3.63) is 57.7 Å². The summed E-state index contributed by atoms with van der Waals surface area (Å²) in [6, 6.07) is 9.16. The van der Waals surface area contributed by atoms with Crippen LogP contribution < -0.4 is 16.0 Å². The SMILES string of the molecule is COc1ncccc1C(Cc1ccc(Cl)c(Cl)c1)NN. The lowest BCUT2D eigenvalue weighted by Crippen LogP contribution is -2.30. The van der Waals surface area contributed by atoms with E-state index in [1.807, 2.05) is 24.3 Å². The maximum Gasteiger partial charge on any atom is 0.217 e. The number of nitrogens with zero attached hydrogens (tertiary/aromatic N) is 1. The lowest BCUT2D eigenvalue weighted by molar-refractivity contribution is 0.382. The van der Waals surface area contributed by atoms with E-state index in [1.165, 1.54) is 0 Å². The number of hydrazine groups is 1. The van der Waals surface area contributed by atoms with E-state index in [4.69, 9.17) is 33.8 Å². The molecule has 0 saturated heterocycles. The van der Waals surface area contributed by atoms with Crippen molar-refractivity contribution in [2.75, 3.05) is 7.11 Å². The van der Waals surface area contributed by atoms with Crippen molar-refractivity contribution in [2.24, 2.45) is 5.84 Å². The molecule has 2 aromatic rings. The summed E-state index contributed by atoms with van der Waals surface area (Å²) in [4.78, 5) is 4.17. The van der Waals surface area contributed by atoms with Gasteiger partial charge in [0.05, 0.1) is 23.2 Å². The molecule has 1 atom stereocenters. The summed E-state index contributed by atoms with van der Waals surface area (Å²) >= 11 is 11.9. The van der Waals surface area contributed by atoms with Crippen LogP contribution in [0.1, 0.15) is 17.2 Å². The first-order chi connectivity index (χ1) is 9.65. The van der Waals surface area contributed by atoms with Crippen molar-refractivity contribution in [1.29, 1.82) is 0 Å². The molecule has 0 aliphatic rings. The first-order valence-electron chi connectivity index (χ1n) is 6.04. The number of rotatable bonds is 5. The number of ether oxygens (including phenoxy) is 1. The van der Waals surface area contributed by atoms with E-state index < -0.39 is 0 Å². The Labute approximate surface area is 127 Å². The Bertz CT molecular complexity index is 592. The highest BCUT2D eigenvalue weighted by atomic mass is 35.5. The minimum absolute atomic E-state index is 0.129. The summed E-state index contributed by atoms with van der Waals surface area (Å²) < 4.78 is 5.25. The molecular weight excluding hydrogens is 297 g/mol. The van der Waals surface area contributed by atoms with Crippen molar-refractivity contribution >= 4 is 23.2 Å². The van der Waals surface area contributed by atoms with Crippen LogP contribution in [-0.4, -0.2) is 12.1 Å². The van der Waals surface area contributed by atoms with Crippen LogP contribution in [0.2, 0.25) is 10.0 Å². The van der Waals surface area contributed by atoms with Gasteiger partial charge in [0, 0.05) is 11.8 Å². The number of nitrogens with two attached hydrogens (primary N) is 1.